The van der Waals surface area contributed by atoms with Crippen molar-refractivity contribution in [3.8, 4) is 0 Å². The fourth-order valence-electron chi connectivity index (χ4n) is 0.223. The number of rotatable bonds is 5. The molecule has 0 rings (SSSR count). The Bertz CT molecular complexity index is 70.7. The summed E-state index contributed by atoms with van der Waals surface area (Å²) in [5.41, 5.74) is 0. The van der Waals surface area contributed by atoms with E-state index in [4.69, 9.17) is 0 Å². The molecule has 0 aromatic carbocycles. The molecule has 9 heavy (non-hydrogen) atoms. The normalized spacial score (nSPS) is 10.9. The highest BCUT2D eigenvalue weighted by atomic mass is 33.5. The summed E-state index contributed by atoms with van der Waals surface area (Å²) in [5.74, 6) is 1.26. The van der Waals surface area contributed by atoms with Crippen molar-refractivity contribution < 1.29 is 0 Å². The third-order valence-electron chi connectivity index (χ3n) is 0.566. The van der Waals surface area contributed by atoms with Gasteiger partial charge in [-0.3, -0.25) is 0 Å². The molecule has 0 fully saturated rings. The lowest BCUT2D eigenvalue weighted by Gasteiger charge is -1.91. The second kappa shape index (κ2) is 8.79. The molecule has 3 heteroatoms. The molecule has 0 aromatic heterocycles. The van der Waals surface area contributed by atoms with Crippen LogP contribution in [0.5, 0.6) is 0 Å². The summed E-state index contributed by atoms with van der Waals surface area (Å²) in [6.45, 7) is 4.24. The molecule has 0 N–H and O–H groups in total. The van der Waals surface area contributed by atoms with Gasteiger partial charge in [0.2, 0.25) is 0 Å². The monoisotopic (exact) mass is 180 g/mol. The Morgan fingerprint density at radius 1 is 1.44 bits per heavy atom. The second-order valence-corrected chi connectivity index (χ2v) is 5.62. The van der Waals surface area contributed by atoms with E-state index in [2.05, 4.69) is 18.4 Å². The zero-order chi connectivity index (χ0) is 6.95. The number of allylic oxidation sites excluding steroid dienone is 1. The lowest BCUT2D eigenvalue weighted by Crippen LogP contribution is -1.63. The van der Waals surface area contributed by atoms with Crippen LogP contribution in [0.25, 0.3) is 0 Å². The van der Waals surface area contributed by atoms with Crippen LogP contribution in [0.3, 0.4) is 0 Å². The van der Waals surface area contributed by atoms with E-state index in [1.54, 1.807) is 10.8 Å². The first-order valence-electron chi connectivity index (χ1n) is 2.98. The van der Waals surface area contributed by atoms with Crippen molar-refractivity contribution in [3.05, 3.63) is 11.5 Å². The molecule has 0 aliphatic heterocycles. The van der Waals surface area contributed by atoms with Gasteiger partial charge < -0.3 is 0 Å². The molecule has 0 saturated carbocycles. The topological polar surface area (TPSA) is 0 Å². The molecule has 0 radical (unpaired) electrons. The van der Waals surface area contributed by atoms with Crippen molar-refractivity contribution in [2.24, 2.45) is 0 Å². The van der Waals surface area contributed by atoms with Gasteiger partial charge in [0.25, 0.3) is 0 Å². The van der Waals surface area contributed by atoms with E-state index >= 15 is 0 Å². The Morgan fingerprint density at radius 3 is 2.78 bits per heavy atom. The zero-order valence-electron chi connectivity index (χ0n) is 5.79. The van der Waals surface area contributed by atoms with Crippen LogP contribution in [0.4, 0.5) is 0 Å². The molecule has 0 unspecified atom stereocenters. The molecule has 0 aliphatic carbocycles. The molecule has 0 aromatic rings. The Kier molecular flexibility index (Phi) is 9.56. The average Bonchev–Trinajstić information content (AvgIpc) is 1.89. The molecule has 0 amide bonds. The molecule has 0 heterocycles. The highest BCUT2D eigenvalue weighted by Gasteiger charge is 1.83. The fourth-order valence-corrected chi connectivity index (χ4v) is 3.53. The van der Waals surface area contributed by atoms with E-state index in [0.29, 0.717) is 0 Å². The fraction of sp³-hybridized carbons (Fsp3) is 0.667. The largest absolute Gasteiger partial charge is 0.0822 e. The van der Waals surface area contributed by atoms with E-state index in [-0.39, 0.29) is 0 Å². The molecule has 0 atom stereocenters. The van der Waals surface area contributed by atoms with E-state index in [9.17, 15) is 0 Å². The maximum atomic E-state index is 2.20. The van der Waals surface area contributed by atoms with Crippen LogP contribution in [-0.4, -0.2) is 5.75 Å². The van der Waals surface area contributed by atoms with Crippen LogP contribution in [-0.2, 0) is 0 Å². The Hall–Kier alpha value is 0.790. The second-order valence-electron chi connectivity index (χ2n) is 1.46. The van der Waals surface area contributed by atoms with E-state index in [0.717, 1.165) is 0 Å². The van der Waals surface area contributed by atoms with Crippen molar-refractivity contribution >= 4 is 31.4 Å². The first-order valence-corrected chi connectivity index (χ1v) is 6.69. The molecule has 54 valence electrons. The van der Waals surface area contributed by atoms with Gasteiger partial charge in [0.05, 0.1) is 0 Å². The lowest BCUT2D eigenvalue weighted by atomic mass is 10.6. The molecule has 0 saturated heterocycles. The molecular formula is C6H12S3. The maximum Gasteiger partial charge on any atom is 0.00426 e. The summed E-state index contributed by atoms with van der Waals surface area (Å²) in [6.07, 6.45) is 3.33. The minimum Gasteiger partial charge on any atom is -0.0822 e. The van der Waals surface area contributed by atoms with E-state index < -0.39 is 0 Å². The van der Waals surface area contributed by atoms with Crippen LogP contribution in [0.2, 0.25) is 0 Å². The summed E-state index contributed by atoms with van der Waals surface area (Å²) >= 11 is 0. The Balaban J connectivity index is 2.75. The number of hydrogen-bond acceptors (Lipinski definition) is 3. The molecule has 0 spiro atoms. The van der Waals surface area contributed by atoms with Crippen LogP contribution in [0.15, 0.2) is 11.5 Å². The van der Waals surface area contributed by atoms with Crippen LogP contribution in [0.1, 0.15) is 20.3 Å². The van der Waals surface area contributed by atoms with E-state index in [1.165, 1.54) is 12.2 Å². The van der Waals surface area contributed by atoms with Gasteiger partial charge in [-0.05, 0) is 28.6 Å². The Labute approximate surface area is 69.0 Å². The summed E-state index contributed by atoms with van der Waals surface area (Å²) in [4.78, 5) is 0. The van der Waals surface area contributed by atoms with Gasteiger partial charge >= 0.3 is 0 Å². The van der Waals surface area contributed by atoms with Crippen molar-refractivity contribution in [3.63, 3.8) is 0 Å². The standard InChI is InChI=1S/C6H12S3/c1-3-5-7-9-8-6-4-2/h3,5H,4,6H2,1-2H3. The molecule has 0 aliphatic rings. The lowest BCUT2D eigenvalue weighted by molar-refractivity contribution is 1.11. The first-order chi connectivity index (χ1) is 4.41. The first kappa shape index (κ1) is 9.79. The van der Waals surface area contributed by atoms with Gasteiger partial charge in [0, 0.05) is 5.75 Å². The minimum absolute atomic E-state index is 1.26. The van der Waals surface area contributed by atoms with Crippen molar-refractivity contribution in [1.29, 1.82) is 0 Å². The van der Waals surface area contributed by atoms with Crippen LogP contribution in [0, 0.1) is 0 Å². The Morgan fingerprint density at radius 2 is 2.22 bits per heavy atom. The SMILES string of the molecule is CC=CSSSCCC. The van der Waals surface area contributed by atoms with Gasteiger partial charge in [-0.25, -0.2) is 0 Å². The van der Waals surface area contributed by atoms with Crippen molar-refractivity contribution in [2.75, 3.05) is 5.75 Å². The average molecular weight is 180 g/mol. The van der Waals surface area contributed by atoms with Crippen molar-refractivity contribution in [2.45, 2.75) is 20.3 Å². The molecule has 0 bridgehead atoms. The van der Waals surface area contributed by atoms with E-state index in [1.807, 2.05) is 27.5 Å². The van der Waals surface area contributed by atoms with Gasteiger partial charge in [0.15, 0.2) is 0 Å². The summed E-state index contributed by atoms with van der Waals surface area (Å²) < 4.78 is 0. The van der Waals surface area contributed by atoms with Crippen molar-refractivity contribution in [1.82, 2.24) is 0 Å². The highest BCUT2D eigenvalue weighted by Crippen LogP contribution is 2.35. The zero-order valence-corrected chi connectivity index (χ0v) is 8.24. The molecular weight excluding hydrogens is 168 g/mol. The third kappa shape index (κ3) is 8.79. The van der Waals surface area contributed by atoms with Crippen LogP contribution < -0.4 is 0 Å². The summed E-state index contributed by atoms with van der Waals surface area (Å²) in [6, 6.07) is 0. The summed E-state index contributed by atoms with van der Waals surface area (Å²) in [7, 11) is 5.56. The quantitative estimate of drug-likeness (QED) is 0.464. The van der Waals surface area contributed by atoms with Gasteiger partial charge in [0.1, 0.15) is 0 Å². The van der Waals surface area contributed by atoms with Crippen LogP contribution >= 0.6 is 31.4 Å². The molecule has 0 nitrogen and oxygen atoms in total. The minimum atomic E-state index is 1.26. The highest BCUT2D eigenvalue weighted by molar-refractivity contribution is 9.09. The maximum absolute atomic E-state index is 2.20. The number of hydrogen-bond donors (Lipinski definition) is 0. The summed E-state index contributed by atoms with van der Waals surface area (Å²) in [5, 5.41) is 2.10. The van der Waals surface area contributed by atoms with Gasteiger partial charge in [-0.2, -0.15) is 0 Å². The van der Waals surface area contributed by atoms with Gasteiger partial charge in [-0.1, -0.05) is 34.6 Å². The third-order valence-corrected chi connectivity index (χ3v) is 4.63. The van der Waals surface area contributed by atoms with Gasteiger partial charge in [-0.15, -0.1) is 0 Å². The predicted octanol–water partition coefficient (Wildman–Crippen LogP) is 3.96. The smallest absolute Gasteiger partial charge is 0.00426 e. The predicted molar refractivity (Wildman–Crippen MR) is 52.7 cm³/mol.